The van der Waals surface area contributed by atoms with E-state index in [1.807, 2.05) is 0 Å². The summed E-state index contributed by atoms with van der Waals surface area (Å²) in [5.74, 6) is 0. The molecule has 0 atom stereocenters. The Kier molecular flexibility index (Phi) is 5.76. The third-order valence-corrected chi connectivity index (χ3v) is 5.23. The van der Waals surface area contributed by atoms with E-state index in [1.54, 1.807) is 0 Å². The first-order valence-electron chi connectivity index (χ1n) is 7.27. The molecule has 0 saturated carbocycles. The van der Waals surface area contributed by atoms with Crippen LogP contribution in [0.5, 0.6) is 0 Å². The predicted molar refractivity (Wildman–Crippen MR) is 89.4 cm³/mol. The van der Waals surface area contributed by atoms with Gasteiger partial charge in [0, 0.05) is 10.6 Å². The molecule has 0 aliphatic heterocycles. The molecule has 0 bridgehead atoms. The fourth-order valence-electron chi connectivity index (χ4n) is 1.96. The minimum absolute atomic E-state index is 0.687. The molecule has 0 saturated heterocycles. The van der Waals surface area contributed by atoms with Crippen molar-refractivity contribution in [1.82, 2.24) is 0 Å². The van der Waals surface area contributed by atoms with Gasteiger partial charge in [0.2, 0.25) is 0 Å². The first-order valence-corrected chi connectivity index (χ1v) is 8.53. The number of benzene rings is 2. The monoisotopic (exact) mass is 286 g/mol. The predicted octanol–water partition coefficient (Wildman–Crippen LogP) is 4.47. The minimum atomic E-state index is -0.687. The third kappa shape index (κ3) is 4.16. The molecular formula is C18H23OP. The van der Waals surface area contributed by atoms with Crippen molar-refractivity contribution in [2.45, 2.75) is 33.6 Å². The first kappa shape index (κ1) is 15.2. The van der Waals surface area contributed by atoms with Crippen LogP contribution < -0.4 is 10.6 Å². The van der Waals surface area contributed by atoms with E-state index in [4.69, 9.17) is 4.52 Å². The average Bonchev–Trinajstić information content (AvgIpc) is 2.46. The van der Waals surface area contributed by atoms with Crippen molar-refractivity contribution < 1.29 is 4.52 Å². The van der Waals surface area contributed by atoms with Crippen molar-refractivity contribution in [3.05, 3.63) is 59.7 Å². The molecule has 0 aliphatic rings. The van der Waals surface area contributed by atoms with Gasteiger partial charge in [0.1, 0.15) is 0 Å². The number of hydrogen-bond acceptors (Lipinski definition) is 1. The van der Waals surface area contributed by atoms with Crippen molar-refractivity contribution in [2.75, 3.05) is 6.61 Å². The van der Waals surface area contributed by atoms with Gasteiger partial charge < -0.3 is 4.52 Å². The van der Waals surface area contributed by atoms with E-state index >= 15 is 0 Å². The summed E-state index contributed by atoms with van der Waals surface area (Å²) in [4.78, 5) is 0. The average molecular weight is 286 g/mol. The van der Waals surface area contributed by atoms with Crippen LogP contribution in [-0.4, -0.2) is 6.61 Å². The molecule has 2 heteroatoms. The molecule has 2 aromatic carbocycles. The summed E-state index contributed by atoms with van der Waals surface area (Å²) >= 11 is 0. The summed E-state index contributed by atoms with van der Waals surface area (Å²) < 4.78 is 6.20. The van der Waals surface area contributed by atoms with Crippen LogP contribution in [0.4, 0.5) is 0 Å². The second-order valence-corrected chi connectivity index (χ2v) is 7.03. The van der Waals surface area contributed by atoms with Gasteiger partial charge in [-0.3, -0.25) is 0 Å². The van der Waals surface area contributed by atoms with E-state index < -0.39 is 8.15 Å². The molecular weight excluding hydrogens is 263 g/mol. The third-order valence-electron chi connectivity index (χ3n) is 3.26. The second kappa shape index (κ2) is 7.57. The molecule has 2 rings (SSSR count). The Hall–Kier alpha value is -1.17. The Labute approximate surface area is 123 Å². The van der Waals surface area contributed by atoms with Gasteiger partial charge in [-0.15, -0.1) is 0 Å². The molecule has 106 valence electrons. The molecule has 0 heterocycles. The molecule has 0 aromatic heterocycles. The molecule has 0 aliphatic carbocycles. The van der Waals surface area contributed by atoms with E-state index in [2.05, 4.69) is 69.3 Å². The van der Waals surface area contributed by atoms with Gasteiger partial charge in [-0.1, -0.05) is 73.0 Å². The van der Waals surface area contributed by atoms with Crippen LogP contribution in [-0.2, 0) is 4.52 Å². The van der Waals surface area contributed by atoms with Crippen molar-refractivity contribution in [3.8, 4) is 0 Å². The maximum atomic E-state index is 6.20. The van der Waals surface area contributed by atoms with Gasteiger partial charge in [0.15, 0.2) is 0 Å². The maximum Gasteiger partial charge on any atom is 0.0917 e. The van der Waals surface area contributed by atoms with Crippen LogP contribution in [0.2, 0.25) is 0 Å². The van der Waals surface area contributed by atoms with Gasteiger partial charge in [0.25, 0.3) is 0 Å². The number of unbranched alkanes of at least 4 members (excludes halogenated alkanes) is 1. The summed E-state index contributed by atoms with van der Waals surface area (Å²) in [6.45, 7) is 7.28. The van der Waals surface area contributed by atoms with Gasteiger partial charge in [-0.05, 0) is 20.3 Å². The first-order chi connectivity index (χ1) is 9.70. The molecule has 2 aromatic rings. The van der Waals surface area contributed by atoms with Gasteiger partial charge in [-0.2, -0.15) is 0 Å². The fourth-order valence-corrected chi connectivity index (χ4v) is 3.71. The Bertz CT molecular complexity index is 471. The zero-order valence-electron chi connectivity index (χ0n) is 12.6. The van der Waals surface area contributed by atoms with E-state index in [0.717, 1.165) is 13.0 Å². The summed E-state index contributed by atoms with van der Waals surface area (Å²) in [5.41, 5.74) is 2.59. The van der Waals surface area contributed by atoms with Gasteiger partial charge >= 0.3 is 0 Å². The number of rotatable bonds is 6. The second-order valence-electron chi connectivity index (χ2n) is 5.15. The van der Waals surface area contributed by atoms with Gasteiger partial charge in [0.05, 0.1) is 14.8 Å². The largest absolute Gasteiger partial charge is 0.350 e. The number of hydrogen-bond donors (Lipinski definition) is 0. The molecule has 0 N–H and O–H groups in total. The van der Waals surface area contributed by atoms with Crippen LogP contribution in [0.15, 0.2) is 48.5 Å². The summed E-state index contributed by atoms with van der Waals surface area (Å²) in [6, 6.07) is 17.5. The van der Waals surface area contributed by atoms with Crippen molar-refractivity contribution in [3.63, 3.8) is 0 Å². The molecule has 0 unspecified atom stereocenters. The normalized spacial score (nSPS) is 11.0. The highest BCUT2D eigenvalue weighted by molar-refractivity contribution is 7.68. The van der Waals surface area contributed by atoms with Crippen LogP contribution in [0.25, 0.3) is 0 Å². The zero-order valence-corrected chi connectivity index (χ0v) is 13.5. The van der Waals surface area contributed by atoms with Crippen LogP contribution >= 0.6 is 8.15 Å². The van der Waals surface area contributed by atoms with Gasteiger partial charge in [-0.25, -0.2) is 0 Å². The van der Waals surface area contributed by atoms with Crippen LogP contribution in [0.1, 0.15) is 30.9 Å². The van der Waals surface area contributed by atoms with Crippen molar-refractivity contribution >= 4 is 18.8 Å². The lowest BCUT2D eigenvalue weighted by Gasteiger charge is -2.19. The van der Waals surface area contributed by atoms with Crippen molar-refractivity contribution in [1.29, 1.82) is 0 Å². The Morgan fingerprint density at radius 3 is 1.65 bits per heavy atom. The van der Waals surface area contributed by atoms with Crippen LogP contribution in [0, 0.1) is 13.8 Å². The Morgan fingerprint density at radius 2 is 1.25 bits per heavy atom. The lowest BCUT2D eigenvalue weighted by atomic mass is 10.2. The molecule has 1 nitrogen and oxygen atoms in total. The fraction of sp³-hybridized carbons (Fsp3) is 0.333. The Morgan fingerprint density at radius 1 is 0.800 bits per heavy atom. The van der Waals surface area contributed by atoms with Crippen molar-refractivity contribution in [2.24, 2.45) is 0 Å². The van der Waals surface area contributed by atoms with E-state index in [1.165, 1.54) is 28.2 Å². The highest BCUT2D eigenvalue weighted by atomic mass is 31.1. The molecule has 0 fully saturated rings. The Balaban J connectivity index is 2.23. The number of aryl methyl sites for hydroxylation is 2. The summed E-state index contributed by atoms with van der Waals surface area (Å²) in [5, 5.41) is 2.59. The SMILES string of the molecule is CCCCOP(c1ccc(C)cc1)c1ccc(C)cc1. The van der Waals surface area contributed by atoms with E-state index in [9.17, 15) is 0 Å². The molecule has 0 radical (unpaired) electrons. The van der Waals surface area contributed by atoms with E-state index in [-0.39, 0.29) is 0 Å². The van der Waals surface area contributed by atoms with E-state index in [0.29, 0.717) is 0 Å². The highest BCUT2D eigenvalue weighted by Crippen LogP contribution is 2.35. The lowest BCUT2D eigenvalue weighted by Crippen LogP contribution is -2.14. The zero-order chi connectivity index (χ0) is 14.4. The summed E-state index contributed by atoms with van der Waals surface area (Å²) in [7, 11) is -0.687. The van der Waals surface area contributed by atoms with Crippen LogP contribution in [0.3, 0.4) is 0 Å². The smallest absolute Gasteiger partial charge is 0.0917 e. The maximum absolute atomic E-state index is 6.20. The minimum Gasteiger partial charge on any atom is -0.350 e. The quantitative estimate of drug-likeness (QED) is 0.562. The summed E-state index contributed by atoms with van der Waals surface area (Å²) in [6.07, 6.45) is 2.29. The standard InChI is InChI=1S/C18H23OP/c1-4-5-14-19-20(17-10-6-15(2)7-11-17)18-12-8-16(3)9-13-18/h6-13H,4-5,14H2,1-3H3. The molecule has 20 heavy (non-hydrogen) atoms. The molecule has 0 amide bonds. The molecule has 0 spiro atoms. The topological polar surface area (TPSA) is 9.23 Å². The highest BCUT2D eigenvalue weighted by Gasteiger charge is 2.14. The lowest BCUT2D eigenvalue weighted by molar-refractivity contribution is 0.350.